The molecule has 1 saturated heterocycles. The first kappa shape index (κ1) is 18.0. The van der Waals surface area contributed by atoms with E-state index >= 15 is 0 Å². The Morgan fingerprint density at radius 2 is 1.87 bits per heavy atom. The second kappa shape index (κ2) is 6.80. The highest BCUT2D eigenvalue weighted by atomic mass is 16.6. The first-order valence-corrected chi connectivity index (χ1v) is 9.49. The van der Waals surface area contributed by atoms with Crippen molar-refractivity contribution in [2.75, 3.05) is 6.54 Å². The first-order chi connectivity index (χ1) is 14.5. The molecule has 2 aliphatic rings. The number of H-pyrrole nitrogens is 1. The first-order valence-electron chi connectivity index (χ1n) is 9.49. The summed E-state index contributed by atoms with van der Waals surface area (Å²) in [5.74, 6) is -0.395. The van der Waals surface area contributed by atoms with Gasteiger partial charge < -0.3 is 9.88 Å². The average Bonchev–Trinajstić information content (AvgIpc) is 3.12. The van der Waals surface area contributed by atoms with Crippen molar-refractivity contribution >= 4 is 34.6 Å². The number of nitro groups is 1. The predicted octanol–water partition coefficient (Wildman–Crippen LogP) is 2.21. The lowest BCUT2D eigenvalue weighted by Crippen LogP contribution is -2.60. The van der Waals surface area contributed by atoms with E-state index < -0.39 is 11.0 Å². The third-order valence-corrected chi connectivity index (χ3v) is 5.60. The van der Waals surface area contributed by atoms with Gasteiger partial charge in [-0.15, -0.1) is 0 Å². The molecule has 2 amide bonds. The number of carbonyl (C=O) groups excluding carboxylic acids is 2. The Kier molecular flexibility index (Phi) is 4.09. The van der Waals surface area contributed by atoms with E-state index in [1.165, 1.54) is 23.4 Å². The Hall–Kier alpha value is -4.01. The summed E-state index contributed by atoms with van der Waals surface area (Å²) in [5.41, 5.74) is 3.61. The Morgan fingerprint density at radius 3 is 2.63 bits per heavy atom. The van der Waals surface area contributed by atoms with Gasteiger partial charge in [-0.3, -0.25) is 19.7 Å². The molecule has 0 aliphatic carbocycles. The number of nitrogens with one attached hydrogen (secondary N) is 1. The van der Waals surface area contributed by atoms with E-state index in [0.717, 1.165) is 22.2 Å². The molecule has 3 heterocycles. The Balaban J connectivity index is 1.40. The molecule has 1 atom stereocenters. The van der Waals surface area contributed by atoms with Crippen LogP contribution < -0.4 is 0 Å². The standard InChI is InChI=1S/C21H17N5O4/c27-20-12-25(22-10-13-5-7-14(8-6-13)26(29)30)21(28)19-9-16-15-3-1-2-4-17(15)23-18(16)11-24(19)20/h1-8,10,19,23H,9,11-12H2/b22-10+/t19-/m1/s1. The van der Waals surface area contributed by atoms with E-state index in [4.69, 9.17) is 0 Å². The number of amides is 2. The molecule has 1 fully saturated rings. The second-order valence-electron chi connectivity index (χ2n) is 7.36. The van der Waals surface area contributed by atoms with Crippen LogP contribution in [0.15, 0.2) is 53.6 Å². The van der Waals surface area contributed by atoms with Gasteiger partial charge in [-0.05, 0) is 29.3 Å². The van der Waals surface area contributed by atoms with Crippen molar-refractivity contribution in [1.82, 2.24) is 14.9 Å². The fourth-order valence-electron chi connectivity index (χ4n) is 4.08. The normalized spacial score (nSPS) is 18.7. The van der Waals surface area contributed by atoms with Crippen LogP contribution in [0.1, 0.15) is 16.8 Å². The van der Waals surface area contributed by atoms with Gasteiger partial charge in [0, 0.05) is 35.2 Å². The largest absolute Gasteiger partial charge is 0.357 e. The molecule has 0 unspecified atom stereocenters. The number of fused-ring (bicyclic) bond motifs is 4. The quantitative estimate of drug-likeness (QED) is 0.410. The van der Waals surface area contributed by atoms with Crippen LogP contribution in [-0.2, 0) is 22.6 Å². The zero-order valence-corrected chi connectivity index (χ0v) is 15.8. The summed E-state index contributed by atoms with van der Waals surface area (Å²) < 4.78 is 0. The summed E-state index contributed by atoms with van der Waals surface area (Å²) in [5, 5.41) is 17.2. The van der Waals surface area contributed by atoms with E-state index in [-0.39, 0.29) is 24.0 Å². The third kappa shape index (κ3) is 2.91. The number of carbonyl (C=O) groups is 2. The predicted molar refractivity (Wildman–Crippen MR) is 109 cm³/mol. The molecule has 150 valence electrons. The molecule has 0 bridgehead atoms. The summed E-state index contributed by atoms with van der Waals surface area (Å²) in [6, 6.07) is 13.1. The molecule has 5 rings (SSSR count). The van der Waals surface area contributed by atoms with E-state index in [1.54, 1.807) is 17.0 Å². The minimum Gasteiger partial charge on any atom is -0.357 e. The monoisotopic (exact) mass is 403 g/mol. The maximum atomic E-state index is 13.1. The fourth-order valence-corrected chi connectivity index (χ4v) is 4.08. The maximum absolute atomic E-state index is 13.1. The smallest absolute Gasteiger partial charge is 0.269 e. The number of aromatic amines is 1. The maximum Gasteiger partial charge on any atom is 0.269 e. The molecule has 0 saturated carbocycles. The lowest BCUT2D eigenvalue weighted by atomic mass is 9.94. The lowest BCUT2D eigenvalue weighted by Gasteiger charge is -2.40. The number of aromatic nitrogens is 1. The number of hydrogen-bond acceptors (Lipinski definition) is 5. The molecular weight excluding hydrogens is 386 g/mol. The molecular formula is C21H17N5O4. The van der Waals surface area contributed by atoms with Crippen molar-refractivity contribution in [2.45, 2.75) is 19.0 Å². The summed E-state index contributed by atoms with van der Waals surface area (Å²) >= 11 is 0. The summed E-state index contributed by atoms with van der Waals surface area (Å²) in [7, 11) is 0. The molecule has 2 aliphatic heterocycles. The topological polar surface area (TPSA) is 112 Å². The van der Waals surface area contributed by atoms with Gasteiger partial charge >= 0.3 is 0 Å². The van der Waals surface area contributed by atoms with Gasteiger partial charge in [0.25, 0.3) is 11.6 Å². The van der Waals surface area contributed by atoms with Crippen molar-refractivity contribution in [2.24, 2.45) is 5.10 Å². The third-order valence-electron chi connectivity index (χ3n) is 5.60. The van der Waals surface area contributed by atoms with E-state index in [0.29, 0.717) is 18.5 Å². The fraction of sp³-hybridized carbons (Fsp3) is 0.190. The number of piperazine rings is 1. The number of hydrazone groups is 1. The van der Waals surface area contributed by atoms with Crippen LogP contribution in [0.2, 0.25) is 0 Å². The number of hydrogen-bond donors (Lipinski definition) is 1. The van der Waals surface area contributed by atoms with Gasteiger partial charge in [0.15, 0.2) is 0 Å². The number of rotatable bonds is 3. The van der Waals surface area contributed by atoms with Gasteiger partial charge in [-0.25, -0.2) is 5.01 Å². The Bertz CT molecular complexity index is 1210. The average molecular weight is 403 g/mol. The van der Waals surface area contributed by atoms with Crippen molar-refractivity contribution in [3.8, 4) is 0 Å². The Morgan fingerprint density at radius 1 is 1.10 bits per heavy atom. The van der Waals surface area contributed by atoms with Crippen LogP contribution in [0.5, 0.6) is 0 Å². The molecule has 9 nitrogen and oxygen atoms in total. The highest BCUT2D eigenvalue weighted by Crippen LogP contribution is 2.32. The molecule has 1 N–H and O–H groups in total. The summed E-state index contributed by atoms with van der Waals surface area (Å²) in [4.78, 5) is 41.0. The highest BCUT2D eigenvalue weighted by molar-refractivity contribution is 5.97. The molecule has 1 aromatic heterocycles. The SMILES string of the molecule is O=C1[C@H]2Cc3c([nH]c4ccccc34)CN2C(=O)CN1/N=C/c1ccc([N+](=O)[O-])cc1. The van der Waals surface area contributed by atoms with Gasteiger partial charge in [0.05, 0.1) is 17.7 Å². The van der Waals surface area contributed by atoms with Crippen LogP contribution >= 0.6 is 0 Å². The number of nitrogens with zero attached hydrogens (tertiary/aromatic N) is 4. The number of non-ortho nitro benzene ring substituents is 1. The van der Waals surface area contributed by atoms with Gasteiger partial charge in [0.2, 0.25) is 5.91 Å². The zero-order chi connectivity index (χ0) is 20.8. The number of nitro benzene ring substituents is 1. The highest BCUT2D eigenvalue weighted by Gasteiger charge is 2.43. The van der Waals surface area contributed by atoms with Gasteiger partial charge in [-0.1, -0.05) is 18.2 Å². The zero-order valence-electron chi connectivity index (χ0n) is 15.8. The molecule has 2 aromatic carbocycles. The van der Waals surface area contributed by atoms with Crippen molar-refractivity contribution in [1.29, 1.82) is 0 Å². The summed E-state index contributed by atoms with van der Waals surface area (Å²) in [6.07, 6.45) is 1.87. The van der Waals surface area contributed by atoms with Gasteiger partial charge in [0.1, 0.15) is 12.6 Å². The number of benzene rings is 2. The lowest BCUT2D eigenvalue weighted by molar-refractivity contribution is -0.384. The van der Waals surface area contributed by atoms with Crippen LogP contribution in [0.3, 0.4) is 0 Å². The van der Waals surface area contributed by atoms with E-state index in [1.807, 2.05) is 24.3 Å². The van der Waals surface area contributed by atoms with Crippen molar-refractivity contribution in [3.63, 3.8) is 0 Å². The minimum atomic E-state index is -0.591. The molecule has 3 aromatic rings. The number of para-hydroxylation sites is 1. The van der Waals surface area contributed by atoms with Crippen LogP contribution in [0, 0.1) is 10.1 Å². The van der Waals surface area contributed by atoms with Crippen LogP contribution in [0.4, 0.5) is 5.69 Å². The van der Waals surface area contributed by atoms with Crippen LogP contribution in [-0.4, -0.2) is 50.4 Å². The second-order valence-corrected chi connectivity index (χ2v) is 7.36. The van der Waals surface area contributed by atoms with Gasteiger partial charge in [-0.2, -0.15) is 5.10 Å². The van der Waals surface area contributed by atoms with Crippen molar-refractivity contribution in [3.05, 3.63) is 75.5 Å². The Labute approximate surface area is 170 Å². The van der Waals surface area contributed by atoms with Crippen LogP contribution in [0.25, 0.3) is 10.9 Å². The van der Waals surface area contributed by atoms with E-state index in [9.17, 15) is 19.7 Å². The molecule has 0 radical (unpaired) electrons. The minimum absolute atomic E-state index is 0.0243. The van der Waals surface area contributed by atoms with Crippen molar-refractivity contribution < 1.29 is 14.5 Å². The van der Waals surface area contributed by atoms with E-state index in [2.05, 4.69) is 10.1 Å². The summed E-state index contributed by atoms with van der Waals surface area (Å²) in [6.45, 7) is 0.244. The molecule has 0 spiro atoms. The molecule has 9 heteroatoms. The molecule has 30 heavy (non-hydrogen) atoms.